The highest BCUT2D eigenvalue weighted by molar-refractivity contribution is 9.10. The van der Waals surface area contributed by atoms with Crippen molar-refractivity contribution in [3.8, 4) is 0 Å². The van der Waals surface area contributed by atoms with Crippen molar-refractivity contribution in [2.75, 3.05) is 7.11 Å². The number of aromatic nitrogens is 2. The van der Waals surface area contributed by atoms with Gasteiger partial charge in [-0.05, 0) is 34.1 Å². The summed E-state index contributed by atoms with van der Waals surface area (Å²) in [6.07, 6.45) is 1.48. The van der Waals surface area contributed by atoms with Gasteiger partial charge in [-0.2, -0.15) is 0 Å². The van der Waals surface area contributed by atoms with Crippen LogP contribution in [0.5, 0.6) is 0 Å². The summed E-state index contributed by atoms with van der Waals surface area (Å²) in [7, 11) is 1.33. The largest absolute Gasteiger partial charge is 0.465 e. The molecule has 0 saturated heterocycles. The molecule has 0 aliphatic heterocycles. The molecular formula is C10H7BrN2O2. The zero-order valence-corrected chi connectivity index (χ0v) is 9.48. The molecule has 0 unspecified atom stereocenters. The SMILES string of the molecule is COC(=O)c1cnc2ccc(Br)nc2c1. The second-order valence-electron chi connectivity index (χ2n) is 2.89. The Hall–Kier alpha value is -1.49. The molecule has 2 aromatic heterocycles. The minimum Gasteiger partial charge on any atom is -0.465 e. The van der Waals surface area contributed by atoms with Crippen LogP contribution in [0.3, 0.4) is 0 Å². The van der Waals surface area contributed by atoms with E-state index in [1.807, 2.05) is 6.07 Å². The number of nitrogens with zero attached hydrogens (tertiary/aromatic N) is 2. The summed E-state index contributed by atoms with van der Waals surface area (Å²) in [6, 6.07) is 5.28. The highest BCUT2D eigenvalue weighted by Gasteiger charge is 2.07. The molecule has 76 valence electrons. The minimum atomic E-state index is -0.411. The van der Waals surface area contributed by atoms with Gasteiger partial charge in [0, 0.05) is 6.20 Å². The maximum absolute atomic E-state index is 11.2. The zero-order chi connectivity index (χ0) is 10.8. The van der Waals surface area contributed by atoms with Crippen LogP contribution in [-0.2, 0) is 4.74 Å². The highest BCUT2D eigenvalue weighted by atomic mass is 79.9. The van der Waals surface area contributed by atoms with Crippen molar-refractivity contribution in [3.63, 3.8) is 0 Å². The van der Waals surface area contributed by atoms with Crippen LogP contribution in [0.4, 0.5) is 0 Å². The lowest BCUT2D eigenvalue weighted by Gasteiger charge is -2.00. The zero-order valence-electron chi connectivity index (χ0n) is 7.90. The molecule has 2 rings (SSSR count). The number of pyridine rings is 2. The Morgan fingerprint density at radius 2 is 2.20 bits per heavy atom. The van der Waals surface area contributed by atoms with Crippen LogP contribution in [0.2, 0.25) is 0 Å². The van der Waals surface area contributed by atoms with Gasteiger partial charge in [0.2, 0.25) is 0 Å². The monoisotopic (exact) mass is 266 g/mol. The summed E-state index contributed by atoms with van der Waals surface area (Å²) in [5.41, 5.74) is 1.80. The summed E-state index contributed by atoms with van der Waals surface area (Å²) in [5, 5.41) is 0. The van der Waals surface area contributed by atoms with E-state index in [2.05, 4.69) is 30.6 Å². The second-order valence-corrected chi connectivity index (χ2v) is 3.70. The Morgan fingerprint density at radius 1 is 1.40 bits per heavy atom. The second kappa shape index (κ2) is 3.94. The van der Waals surface area contributed by atoms with E-state index in [1.54, 1.807) is 12.1 Å². The van der Waals surface area contributed by atoms with Gasteiger partial charge in [-0.1, -0.05) is 0 Å². The van der Waals surface area contributed by atoms with Crippen molar-refractivity contribution in [1.82, 2.24) is 9.97 Å². The standard InChI is InChI=1S/C10H7BrN2O2/c1-15-10(14)6-4-8-7(12-5-6)2-3-9(11)13-8/h2-5H,1H3. The topological polar surface area (TPSA) is 52.1 Å². The first kappa shape index (κ1) is 10.0. The molecule has 0 saturated carbocycles. The molecule has 2 heterocycles. The lowest BCUT2D eigenvalue weighted by molar-refractivity contribution is 0.0600. The first-order valence-corrected chi connectivity index (χ1v) is 5.00. The fourth-order valence-corrected chi connectivity index (χ4v) is 1.53. The van der Waals surface area contributed by atoms with Crippen molar-refractivity contribution in [2.45, 2.75) is 0 Å². The maximum Gasteiger partial charge on any atom is 0.339 e. The van der Waals surface area contributed by atoms with Gasteiger partial charge in [-0.3, -0.25) is 4.98 Å². The van der Waals surface area contributed by atoms with Gasteiger partial charge in [0.15, 0.2) is 0 Å². The molecule has 0 spiro atoms. The normalized spacial score (nSPS) is 10.3. The lowest BCUT2D eigenvalue weighted by Crippen LogP contribution is -2.02. The van der Waals surface area contributed by atoms with Gasteiger partial charge in [0.05, 0.1) is 23.7 Å². The Kier molecular flexibility index (Phi) is 2.64. The molecule has 5 heteroatoms. The first-order chi connectivity index (χ1) is 7.20. The first-order valence-electron chi connectivity index (χ1n) is 4.21. The highest BCUT2D eigenvalue weighted by Crippen LogP contribution is 2.15. The van der Waals surface area contributed by atoms with Gasteiger partial charge in [-0.25, -0.2) is 9.78 Å². The third-order valence-electron chi connectivity index (χ3n) is 1.92. The maximum atomic E-state index is 11.2. The average Bonchev–Trinajstić information content (AvgIpc) is 2.27. The van der Waals surface area contributed by atoms with E-state index in [9.17, 15) is 4.79 Å². The average molecular weight is 267 g/mol. The van der Waals surface area contributed by atoms with Crippen LogP contribution >= 0.6 is 15.9 Å². The fourth-order valence-electron chi connectivity index (χ4n) is 1.21. The number of carbonyl (C=O) groups excluding carboxylic acids is 1. The van der Waals surface area contributed by atoms with Crippen molar-refractivity contribution < 1.29 is 9.53 Å². The molecule has 0 atom stereocenters. The number of methoxy groups -OCH3 is 1. The van der Waals surface area contributed by atoms with Gasteiger partial charge in [0.25, 0.3) is 0 Å². The van der Waals surface area contributed by atoms with Crippen molar-refractivity contribution in [2.24, 2.45) is 0 Å². The number of carbonyl (C=O) groups is 1. The minimum absolute atomic E-state index is 0.399. The number of halogens is 1. The summed E-state index contributed by atoms with van der Waals surface area (Å²) in [6.45, 7) is 0. The lowest BCUT2D eigenvalue weighted by atomic mass is 10.2. The van der Waals surface area contributed by atoms with E-state index in [0.717, 1.165) is 5.52 Å². The van der Waals surface area contributed by atoms with Crippen LogP contribution in [0, 0.1) is 0 Å². The van der Waals surface area contributed by atoms with E-state index in [0.29, 0.717) is 15.7 Å². The Bertz CT molecular complexity index is 528. The van der Waals surface area contributed by atoms with Gasteiger partial charge in [0.1, 0.15) is 4.60 Å². The molecule has 0 amide bonds. The van der Waals surface area contributed by atoms with Crippen molar-refractivity contribution in [1.29, 1.82) is 0 Å². The number of ether oxygens (including phenoxy) is 1. The van der Waals surface area contributed by atoms with E-state index in [1.165, 1.54) is 13.3 Å². The Labute approximate surface area is 94.4 Å². The quantitative estimate of drug-likeness (QED) is 0.587. The third-order valence-corrected chi connectivity index (χ3v) is 2.37. The van der Waals surface area contributed by atoms with E-state index in [-0.39, 0.29) is 0 Å². The van der Waals surface area contributed by atoms with Crippen LogP contribution in [0.1, 0.15) is 10.4 Å². The van der Waals surface area contributed by atoms with Gasteiger partial charge >= 0.3 is 5.97 Å². The summed E-state index contributed by atoms with van der Waals surface area (Å²) in [4.78, 5) is 19.5. The number of hydrogen-bond acceptors (Lipinski definition) is 4. The van der Waals surface area contributed by atoms with Crippen LogP contribution in [0.25, 0.3) is 11.0 Å². The molecule has 4 nitrogen and oxygen atoms in total. The Morgan fingerprint density at radius 3 is 2.93 bits per heavy atom. The Balaban J connectivity index is 2.59. The molecule has 0 radical (unpaired) electrons. The van der Waals surface area contributed by atoms with Crippen LogP contribution in [0.15, 0.2) is 29.0 Å². The smallest absolute Gasteiger partial charge is 0.339 e. The molecule has 0 bridgehead atoms. The molecule has 0 aromatic carbocycles. The third kappa shape index (κ3) is 1.97. The molecule has 0 fully saturated rings. The molecule has 0 aliphatic carbocycles. The molecule has 2 aromatic rings. The van der Waals surface area contributed by atoms with Crippen molar-refractivity contribution in [3.05, 3.63) is 34.6 Å². The molecular weight excluding hydrogens is 260 g/mol. The molecule has 0 aliphatic rings. The van der Waals surface area contributed by atoms with Gasteiger partial charge < -0.3 is 4.74 Å². The van der Waals surface area contributed by atoms with E-state index >= 15 is 0 Å². The summed E-state index contributed by atoms with van der Waals surface area (Å²) >= 11 is 3.26. The molecule has 15 heavy (non-hydrogen) atoms. The van der Waals surface area contributed by atoms with Crippen LogP contribution in [-0.4, -0.2) is 23.0 Å². The molecule has 0 N–H and O–H groups in total. The number of esters is 1. The number of hydrogen-bond donors (Lipinski definition) is 0. The van der Waals surface area contributed by atoms with Crippen molar-refractivity contribution >= 4 is 32.9 Å². The van der Waals surface area contributed by atoms with E-state index in [4.69, 9.17) is 0 Å². The van der Waals surface area contributed by atoms with E-state index < -0.39 is 5.97 Å². The summed E-state index contributed by atoms with van der Waals surface area (Å²) < 4.78 is 5.30. The van der Waals surface area contributed by atoms with Crippen LogP contribution < -0.4 is 0 Å². The number of fused-ring (bicyclic) bond motifs is 1. The van der Waals surface area contributed by atoms with Gasteiger partial charge in [-0.15, -0.1) is 0 Å². The summed E-state index contributed by atoms with van der Waals surface area (Å²) in [5.74, 6) is -0.411. The number of rotatable bonds is 1. The fraction of sp³-hybridized carbons (Fsp3) is 0.100. The predicted molar refractivity (Wildman–Crippen MR) is 58.6 cm³/mol. The predicted octanol–water partition coefficient (Wildman–Crippen LogP) is 2.18.